The van der Waals surface area contributed by atoms with Crippen molar-refractivity contribution >= 4 is 23.4 Å². The molecular formula is C19H19ClN2O3. The van der Waals surface area contributed by atoms with E-state index in [1.54, 1.807) is 43.5 Å². The number of ether oxygens (including phenoxy) is 1. The Balaban J connectivity index is 1.73. The van der Waals surface area contributed by atoms with E-state index in [4.69, 9.17) is 16.3 Å². The van der Waals surface area contributed by atoms with E-state index in [-0.39, 0.29) is 24.4 Å². The van der Waals surface area contributed by atoms with Gasteiger partial charge in [0.2, 0.25) is 5.91 Å². The lowest BCUT2D eigenvalue weighted by Crippen LogP contribution is -2.37. The van der Waals surface area contributed by atoms with Crippen LogP contribution in [0.3, 0.4) is 0 Å². The molecule has 2 amide bonds. The maximum atomic E-state index is 12.3. The zero-order chi connectivity index (χ0) is 17.8. The molecule has 0 unspecified atom stereocenters. The van der Waals surface area contributed by atoms with Gasteiger partial charge in [0, 0.05) is 22.2 Å². The number of amides is 2. The van der Waals surface area contributed by atoms with Crippen molar-refractivity contribution in [1.29, 1.82) is 0 Å². The van der Waals surface area contributed by atoms with Crippen LogP contribution in [0.4, 0.5) is 0 Å². The van der Waals surface area contributed by atoms with Crippen molar-refractivity contribution in [1.82, 2.24) is 10.6 Å². The molecule has 0 aliphatic heterocycles. The van der Waals surface area contributed by atoms with Gasteiger partial charge in [0.25, 0.3) is 5.91 Å². The van der Waals surface area contributed by atoms with E-state index >= 15 is 0 Å². The van der Waals surface area contributed by atoms with Crippen LogP contribution in [0.1, 0.15) is 23.2 Å². The summed E-state index contributed by atoms with van der Waals surface area (Å²) < 4.78 is 5.36. The first kappa shape index (κ1) is 17.3. The Kier molecular flexibility index (Phi) is 5.24. The number of hydrogen-bond donors (Lipinski definition) is 2. The summed E-state index contributed by atoms with van der Waals surface area (Å²) in [5, 5.41) is 6.06. The van der Waals surface area contributed by atoms with Crippen molar-refractivity contribution in [3.8, 4) is 16.9 Å². The molecule has 1 fully saturated rings. The Morgan fingerprint density at radius 3 is 2.72 bits per heavy atom. The molecule has 0 aromatic heterocycles. The lowest BCUT2D eigenvalue weighted by atomic mass is 10.0. The van der Waals surface area contributed by atoms with Crippen molar-refractivity contribution in [2.24, 2.45) is 0 Å². The fourth-order valence-electron chi connectivity index (χ4n) is 2.50. The summed E-state index contributed by atoms with van der Waals surface area (Å²) in [5.41, 5.74) is 2.09. The lowest BCUT2D eigenvalue weighted by molar-refractivity contribution is -0.120. The van der Waals surface area contributed by atoms with Crippen molar-refractivity contribution in [2.45, 2.75) is 18.9 Å². The highest BCUT2D eigenvalue weighted by atomic mass is 35.5. The summed E-state index contributed by atoms with van der Waals surface area (Å²) in [5.74, 6) is 0.211. The molecule has 0 spiro atoms. The van der Waals surface area contributed by atoms with Gasteiger partial charge in [-0.05, 0) is 48.7 Å². The number of halogens is 1. The zero-order valence-electron chi connectivity index (χ0n) is 13.8. The quantitative estimate of drug-likeness (QED) is 0.834. The van der Waals surface area contributed by atoms with Crippen molar-refractivity contribution in [3.05, 3.63) is 53.1 Å². The topological polar surface area (TPSA) is 67.4 Å². The summed E-state index contributed by atoms with van der Waals surface area (Å²) in [6, 6.07) is 12.7. The Labute approximate surface area is 151 Å². The van der Waals surface area contributed by atoms with Crippen LogP contribution in [0.15, 0.2) is 42.5 Å². The molecule has 130 valence electrons. The number of carbonyl (C=O) groups excluding carboxylic acids is 2. The maximum absolute atomic E-state index is 12.3. The van der Waals surface area contributed by atoms with Gasteiger partial charge in [0.1, 0.15) is 5.75 Å². The van der Waals surface area contributed by atoms with Gasteiger partial charge in [-0.2, -0.15) is 0 Å². The van der Waals surface area contributed by atoms with Crippen LogP contribution in [0.2, 0.25) is 5.02 Å². The van der Waals surface area contributed by atoms with Gasteiger partial charge >= 0.3 is 0 Å². The summed E-state index contributed by atoms with van der Waals surface area (Å²) >= 11 is 6.08. The van der Waals surface area contributed by atoms with Crippen LogP contribution in [0.5, 0.6) is 5.75 Å². The molecule has 25 heavy (non-hydrogen) atoms. The number of nitrogens with one attached hydrogen (secondary N) is 2. The molecule has 0 atom stereocenters. The molecule has 0 heterocycles. The second-order valence-corrected chi connectivity index (χ2v) is 6.39. The molecule has 2 aromatic carbocycles. The Morgan fingerprint density at radius 2 is 2.00 bits per heavy atom. The van der Waals surface area contributed by atoms with Gasteiger partial charge in [0.05, 0.1) is 13.7 Å². The number of carbonyl (C=O) groups is 2. The average molecular weight is 359 g/mol. The van der Waals surface area contributed by atoms with E-state index in [0.717, 1.165) is 24.0 Å². The Hall–Kier alpha value is -2.53. The van der Waals surface area contributed by atoms with E-state index in [1.165, 1.54) is 0 Å². The molecule has 2 aromatic rings. The van der Waals surface area contributed by atoms with Crippen LogP contribution in [0.25, 0.3) is 11.1 Å². The minimum Gasteiger partial charge on any atom is -0.496 e. The van der Waals surface area contributed by atoms with Gasteiger partial charge in [-0.3, -0.25) is 9.59 Å². The molecule has 2 N–H and O–H groups in total. The van der Waals surface area contributed by atoms with E-state index in [1.807, 2.05) is 6.07 Å². The third-order valence-corrected chi connectivity index (χ3v) is 4.18. The van der Waals surface area contributed by atoms with Crippen LogP contribution in [-0.4, -0.2) is 31.5 Å². The molecule has 1 aliphatic rings. The first-order chi connectivity index (χ1) is 12.1. The molecule has 0 radical (unpaired) electrons. The minimum absolute atomic E-state index is 0.0277. The fourth-order valence-corrected chi connectivity index (χ4v) is 2.67. The molecule has 3 rings (SSSR count). The predicted molar refractivity (Wildman–Crippen MR) is 96.9 cm³/mol. The third-order valence-electron chi connectivity index (χ3n) is 3.95. The van der Waals surface area contributed by atoms with Crippen molar-refractivity contribution < 1.29 is 14.3 Å². The standard InChI is InChI=1S/C19H19ClN2O3/c1-25-17-8-5-14(20)10-16(17)12-3-2-4-13(9-12)19(24)21-11-18(23)22-15-6-7-15/h2-5,8-10,15H,6-7,11H2,1H3,(H,21,24)(H,22,23). The molecule has 1 saturated carbocycles. The molecule has 0 saturated heterocycles. The second kappa shape index (κ2) is 7.57. The minimum atomic E-state index is -0.297. The van der Waals surface area contributed by atoms with Gasteiger partial charge in [-0.1, -0.05) is 23.7 Å². The largest absolute Gasteiger partial charge is 0.496 e. The maximum Gasteiger partial charge on any atom is 0.251 e. The normalized spacial score (nSPS) is 13.2. The highest BCUT2D eigenvalue weighted by Gasteiger charge is 2.23. The monoisotopic (exact) mass is 358 g/mol. The predicted octanol–water partition coefficient (Wildman–Crippen LogP) is 3.02. The highest BCUT2D eigenvalue weighted by molar-refractivity contribution is 6.31. The Morgan fingerprint density at radius 1 is 1.20 bits per heavy atom. The first-order valence-corrected chi connectivity index (χ1v) is 8.46. The van der Waals surface area contributed by atoms with Gasteiger partial charge in [-0.25, -0.2) is 0 Å². The van der Waals surface area contributed by atoms with Crippen LogP contribution in [-0.2, 0) is 4.79 Å². The van der Waals surface area contributed by atoms with E-state index in [9.17, 15) is 9.59 Å². The van der Waals surface area contributed by atoms with Crippen molar-refractivity contribution in [3.63, 3.8) is 0 Å². The lowest BCUT2D eigenvalue weighted by Gasteiger charge is -2.11. The molecule has 5 nitrogen and oxygen atoms in total. The van der Waals surface area contributed by atoms with Gasteiger partial charge in [0.15, 0.2) is 0 Å². The van der Waals surface area contributed by atoms with E-state index < -0.39 is 0 Å². The molecule has 6 heteroatoms. The first-order valence-electron chi connectivity index (χ1n) is 8.08. The van der Waals surface area contributed by atoms with Crippen LogP contribution in [0, 0.1) is 0 Å². The fraction of sp³-hybridized carbons (Fsp3) is 0.263. The summed E-state index contributed by atoms with van der Waals surface area (Å²) in [7, 11) is 1.59. The second-order valence-electron chi connectivity index (χ2n) is 5.95. The summed E-state index contributed by atoms with van der Waals surface area (Å²) in [4.78, 5) is 24.0. The van der Waals surface area contributed by atoms with Crippen LogP contribution >= 0.6 is 11.6 Å². The number of benzene rings is 2. The number of hydrogen-bond acceptors (Lipinski definition) is 3. The van der Waals surface area contributed by atoms with Crippen molar-refractivity contribution in [2.75, 3.05) is 13.7 Å². The van der Waals surface area contributed by atoms with Gasteiger partial charge < -0.3 is 15.4 Å². The van der Waals surface area contributed by atoms with Crippen LogP contribution < -0.4 is 15.4 Å². The summed E-state index contributed by atoms with van der Waals surface area (Å²) in [6.07, 6.45) is 2.03. The van der Waals surface area contributed by atoms with E-state index in [2.05, 4.69) is 10.6 Å². The smallest absolute Gasteiger partial charge is 0.251 e. The Bertz CT molecular complexity index is 803. The van der Waals surface area contributed by atoms with Gasteiger partial charge in [-0.15, -0.1) is 0 Å². The summed E-state index contributed by atoms with van der Waals surface area (Å²) in [6.45, 7) is -0.0277. The zero-order valence-corrected chi connectivity index (χ0v) is 14.6. The highest BCUT2D eigenvalue weighted by Crippen LogP contribution is 2.32. The average Bonchev–Trinajstić information content (AvgIpc) is 3.43. The number of rotatable bonds is 6. The molecular weight excluding hydrogens is 340 g/mol. The molecule has 0 bridgehead atoms. The number of methoxy groups -OCH3 is 1. The van der Waals surface area contributed by atoms with E-state index in [0.29, 0.717) is 16.3 Å². The SMILES string of the molecule is COc1ccc(Cl)cc1-c1cccc(C(=O)NCC(=O)NC2CC2)c1. The molecule has 1 aliphatic carbocycles. The third kappa shape index (κ3) is 4.51.